The lowest BCUT2D eigenvalue weighted by Crippen LogP contribution is -2.34. The maximum absolute atomic E-state index is 10.0. The Bertz CT molecular complexity index is 1440. The standard InChI is InChI=1S/C29H30N4O2/c1-17(34)33-15-21-14-29(21,16-33)20-11-9-19(10-12-20)26-28-24(31-32-26)13-25(35-2)27(30-28)23-8-4-6-18-5-3-7-22(18)23/h4,6,8-13,17,21,34H,3,5,7,14-16H2,1-2H3,(H,31,32). The Balaban J connectivity index is 1.27. The third-order valence-corrected chi connectivity index (χ3v) is 8.55. The van der Waals surface area contributed by atoms with E-state index < -0.39 is 0 Å². The van der Waals surface area contributed by atoms with E-state index in [1.54, 1.807) is 7.11 Å². The van der Waals surface area contributed by atoms with Crippen LogP contribution in [0, 0.1) is 5.92 Å². The number of nitrogens with one attached hydrogen (secondary N) is 1. The number of nitrogens with zero attached hydrogens (tertiary/aromatic N) is 3. The molecule has 0 spiro atoms. The number of pyridine rings is 1. The first kappa shape index (κ1) is 21.1. The molecule has 0 amide bonds. The number of hydrogen-bond acceptors (Lipinski definition) is 5. The molecule has 2 fully saturated rings. The van der Waals surface area contributed by atoms with E-state index in [4.69, 9.17) is 9.72 Å². The summed E-state index contributed by atoms with van der Waals surface area (Å²) in [5.41, 5.74) is 10.1. The van der Waals surface area contributed by atoms with Crippen LogP contribution in [0.4, 0.5) is 0 Å². The van der Waals surface area contributed by atoms with Gasteiger partial charge in [-0.15, -0.1) is 0 Å². The fourth-order valence-corrected chi connectivity index (χ4v) is 6.53. The van der Waals surface area contributed by atoms with E-state index in [-0.39, 0.29) is 11.6 Å². The highest BCUT2D eigenvalue weighted by Gasteiger charge is 2.61. The van der Waals surface area contributed by atoms with Crippen LogP contribution in [-0.4, -0.2) is 51.6 Å². The molecule has 2 aromatic heterocycles. The highest BCUT2D eigenvalue weighted by Crippen LogP contribution is 2.59. The molecule has 4 aromatic rings. The molecule has 2 aliphatic carbocycles. The van der Waals surface area contributed by atoms with Gasteiger partial charge in [-0.3, -0.25) is 10.00 Å². The Labute approximate surface area is 205 Å². The number of aryl methyl sites for hydroxylation is 1. The van der Waals surface area contributed by atoms with E-state index in [1.165, 1.54) is 35.1 Å². The number of H-pyrrole nitrogens is 1. The number of rotatable bonds is 5. The molecule has 2 N–H and O–H groups in total. The van der Waals surface area contributed by atoms with Gasteiger partial charge >= 0.3 is 0 Å². The lowest BCUT2D eigenvalue weighted by atomic mass is 9.93. The zero-order valence-corrected chi connectivity index (χ0v) is 20.2. The maximum atomic E-state index is 10.0. The van der Waals surface area contributed by atoms with Gasteiger partial charge < -0.3 is 9.84 Å². The van der Waals surface area contributed by atoms with Crippen molar-refractivity contribution in [1.82, 2.24) is 20.1 Å². The van der Waals surface area contributed by atoms with Crippen molar-refractivity contribution in [2.75, 3.05) is 20.2 Å². The molecule has 3 aliphatic rings. The van der Waals surface area contributed by atoms with Gasteiger partial charge in [0, 0.05) is 35.7 Å². The summed E-state index contributed by atoms with van der Waals surface area (Å²) in [6.07, 6.45) is 4.25. The summed E-state index contributed by atoms with van der Waals surface area (Å²) in [5, 5.41) is 17.8. The predicted octanol–water partition coefficient (Wildman–Crippen LogP) is 4.70. The lowest BCUT2D eigenvalue weighted by molar-refractivity contribution is 0.0268. The van der Waals surface area contributed by atoms with Crippen molar-refractivity contribution < 1.29 is 9.84 Å². The number of benzene rings is 2. The van der Waals surface area contributed by atoms with E-state index in [2.05, 4.69) is 57.6 Å². The van der Waals surface area contributed by atoms with Gasteiger partial charge in [0.15, 0.2) is 0 Å². The summed E-state index contributed by atoms with van der Waals surface area (Å²) in [6, 6.07) is 17.4. The number of aromatic amines is 1. The fourth-order valence-electron chi connectivity index (χ4n) is 6.53. The molecule has 35 heavy (non-hydrogen) atoms. The second-order valence-corrected chi connectivity index (χ2v) is 10.5. The molecule has 178 valence electrons. The molecule has 3 heterocycles. The zero-order chi connectivity index (χ0) is 23.7. The summed E-state index contributed by atoms with van der Waals surface area (Å²) in [7, 11) is 1.71. The van der Waals surface area contributed by atoms with Crippen molar-refractivity contribution in [1.29, 1.82) is 0 Å². The minimum absolute atomic E-state index is 0.204. The first-order valence-electron chi connectivity index (χ1n) is 12.6. The SMILES string of the molecule is COc1cc2[nH]nc(-c3ccc(C45CC4CN(C(C)O)C5)cc3)c2nc1-c1cccc2c1CCC2. The molecule has 0 radical (unpaired) electrons. The van der Waals surface area contributed by atoms with Gasteiger partial charge in [-0.1, -0.05) is 42.5 Å². The van der Waals surface area contributed by atoms with Gasteiger partial charge in [-0.05, 0) is 55.2 Å². The maximum Gasteiger partial charge on any atom is 0.147 e. The summed E-state index contributed by atoms with van der Waals surface area (Å²) >= 11 is 0. The van der Waals surface area contributed by atoms with Crippen LogP contribution in [0.3, 0.4) is 0 Å². The van der Waals surface area contributed by atoms with Crippen LogP contribution in [0.1, 0.15) is 36.5 Å². The van der Waals surface area contributed by atoms with Gasteiger partial charge in [0.05, 0.1) is 12.6 Å². The second-order valence-electron chi connectivity index (χ2n) is 10.5. The van der Waals surface area contributed by atoms with E-state index in [1.807, 2.05) is 13.0 Å². The largest absolute Gasteiger partial charge is 0.494 e. The van der Waals surface area contributed by atoms with Gasteiger partial charge in [0.1, 0.15) is 28.9 Å². The first-order valence-corrected chi connectivity index (χ1v) is 12.6. The molecule has 6 heteroatoms. The highest BCUT2D eigenvalue weighted by atomic mass is 16.5. The van der Waals surface area contributed by atoms with Crippen molar-refractivity contribution in [2.45, 2.75) is 44.2 Å². The lowest BCUT2D eigenvalue weighted by Gasteiger charge is -2.23. The number of methoxy groups -OCH3 is 1. The van der Waals surface area contributed by atoms with Gasteiger partial charge in [-0.25, -0.2) is 4.98 Å². The third kappa shape index (κ3) is 3.16. The van der Waals surface area contributed by atoms with Crippen LogP contribution in [0.5, 0.6) is 5.75 Å². The van der Waals surface area contributed by atoms with E-state index in [9.17, 15) is 5.11 Å². The molecule has 7 rings (SSSR count). The van der Waals surface area contributed by atoms with E-state index >= 15 is 0 Å². The average molecular weight is 467 g/mol. The predicted molar refractivity (Wildman–Crippen MR) is 136 cm³/mol. The van der Waals surface area contributed by atoms with Gasteiger partial charge in [-0.2, -0.15) is 5.10 Å². The Morgan fingerprint density at radius 3 is 2.77 bits per heavy atom. The normalized spacial score (nSPS) is 23.9. The van der Waals surface area contributed by atoms with Crippen LogP contribution in [0.25, 0.3) is 33.5 Å². The minimum atomic E-state index is -0.377. The zero-order valence-electron chi connectivity index (χ0n) is 20.2. The summed E-state index contributed by atoms with van der Waals surface area (Å²) in [5.74, 6) is 1.42. The quantitative estimate of drug-likeness (QED) is 0.446. The Morgan fingerprint density at radius 1 is 1.14 bits per heavy atom. The third-order valence-electron chi connectivity index (χ3n) is 8.55. The molecule has 3 atom stereocenters. The highest BCUT2D eigenvalue weighted by molar-refractivity contribution is 5.93. The van der Waals surface area contributed by atoms with Gasteiger partial charge in [0.25, 0.3) is 0 Å². The number of aromatic nitrogens is 3. The number of fused-ring (bicyclic) bond motifs is 3. The number of hydrogen-bond donors (Lipinski definition) is 2. The summed E-state index contributed by atoms with van der Waals surface area (Å²) in [6.45, 7) is 3.79. The van der Waals surface area contributed by atoms with Crippen molar-refractivity contribution in [2.24, 2.45) is 5.92 Å². The molecular weight excluding hydrogens is 436 g/mol. The number of aliphatic hydroxyl groups excluding tert-OH is 1. The van der Waals surface area contributed by atoms with Crippen LogP contribution in [-0.2, 0) is 18.3 Å². The monoisotopic (exact) mass is 466 g/mol. The van der Waals surface area contributed by atoms with Crippen LogP contribution < -0.4 is 4.74 Å². The second kappa shape index (κ2) is 7.64. The van der Waals surface area contributed by atoms with Crippen molar-refractivity contribution in [3.8, 4) is 28.3 Å². The average Bonchev–Trinajstić information content (AvgIpc) is 3.27. The van der Waals surface area contributed by atoms with Gasteiger partial charge in [0.2, 0.25) is 0 Å². The van der Waals surface area contributed by atoms with Crippen LogP contribution in [0.2, 0.25) is 0 Å². The van der Waals surface area contributed by atoms with Crippen molar-refractivity contribution in [3.63, 3.8) is 0 Å². The minimum Gasteiger partial charge on any atom is -0.494 e. The van der Waals surface area contributed by atoms with Crippen molar-refractivity contribution >= 4 is 11.0 Å². The molecule has 3 unspecified atom stereocenters. The van der Waals surface area contributed by atoms with Crippen LogP contribution in [0.15, 0.2) is 48.5 Å². The summed E-state index contributed by atoms with van der Waals surface area (Å²) < 4.78 is 5.76. The number of piperidine rings is 1. The molecule has 2 aromatic carbocycles. The molecule has 1 aliphatic heterocycles. The smallest absolute Gasteiger partial charge is 0.147 e. The first-order chi connectivity index (χ1) is 17.1. The van der Waals surface area contributed by atoms with Crippen LogP contribution >= 0.6 is 0 Å². The Morgan fingerprint density at radius 2 is 2.00 bits per heavy atom. The van der Waals surface area contributed by atoms with E-state index in [0.29, 0.717) is 5.92 Å². The van der Waals surface area contributed by atoms with E-state index in [0.717, 1.165) is 59.7 Å². The molecular formula is C29H30N4O2. The van der Waals surface area contributed by atoms with Crippen molar-refractivity contribution in [3.05, 3.63) is 65.2 Å². The Hall–Kier alpha value is -3.22. The Kier molecular flexibility index (Phi) is 4.60. The summed E-state index contributed by atoms with van der Waals surface area (Å²) in [4.78, 5) is 7.31. The topological polar surface area (TPSA) is 74.3 Å². The molecule has 0 bridgehead atoms. The number of ether oxygens (including phenoxy) is 1. The fraction of sp³-hybridized carbons (Fsp3) is 0.379. The molecule has 1 saturated carbocycles. The number of aliphatic hydroxyl groups is 1. The molecule has 6 nitrogen and oxygen atoms in total. The number of likely N-dealkylation sites (tertiary alicyclic amines) is 1. The molecule has 1 saturated heterocycles.